The third kappa shape index (κ3) is 1.59. The van der Waals surface area contributed by atoms with Crippen LogP contribution in [-0.4, -0.2) is 15.8 Å². The zero-order chi connectivity index (χ0) is 12.7. The van der Waals surface area contributed by atoms with E-state index in [1.54, 1.807) is 0 Å². The molecule has 0 saturated carbocycles. The van der Waals surface area contributed by atoms with E-state index in [9.17, 15) is 23.7 Å². The van der Waals surface area contributed by atoms with Crippen molar-refractivity contribution in [3.8, 4) is 0 Å². The maximum absolute atomic E-state index is 13.0. The number of halogens is 2. The number of nitro groups is 1. The highest BCUT2D eigenvalue weighted by Gasteiger charge is 2.26. The summed E-state index contributed by atoms with van der Waals surface area (Å²) in [6, 6.07) is 1.37. The quantitative estimate of drug-likeness (QED) is 0.614. The van der Waals surface area contributed by atoms with Crippen molar-refractivity contribution in [2.75, 3.05) is 0 Å². The number of nitrogens with zero attached hydrogens (tertiary/aromatic N) is 1. The Morgan fingerprint density at radius 3 is 2.47 bits per heavy atom. The van der Waals surface area contributed by atoms with Crippen LogP contribution >= 0.6 is 0 Å². The minimum atomic E-state index is -1.24. The predicted octanol–water partition coefficient (Wildman–Crippen LogP) is 1.45. The van der Waals surface area contributed by atoms with Gasteiger partial charge in [0.25, 0.3) is 5.91 Å². The number of rotatable bonds is 2. The molecule has 0 spiro atoms. The number of nitrogens with one attached hydrogen (secondary N) is 1. The van der Waals surface area contributed by atoms with Crippen LogP contribution in [0.2, 0.25) is 0 Å². The lowest BCUT2D eigenvalue weighted by atomic mass is 10.2. The topological polar surface area (TPSA) is 102 Å². The van der Waals surface area contributed by atoms with Crippen LogP contribution in [0.25, 0.3) is 10.9 Å². The SMILES string of the molecule is NC(=O)c1[nH]c2cc(F)c(F)cc2c1[N+](=O)[O-]. The molecule has 2 aromatic rings. The van der Waals surface area contributed by atoms with E-state index < -0.39 is 33.8 Å². The Morgan fingerprint density at radius 1 is 1.35 bits per heavy atom. The maximum atomic E-state index is 13.0. The Bertz CT molecular complexity index is 650. The van der Waals surface area contributed by atoms with Crippen LogP contribution in [0.4, 0.5) is 14.5 Å². The van der Waals surface area contributed by atoms with Gasteiger partial charge in [-0.15, -0.1) is 0 Å². The third-order valence-electron chi connectivity index (χ3n) is 2.24. The summed E-state index contributed by atoms with van der Waals surface area (Å²) in [4.78, 5) is 23.1. The largest absolute Gasteiger partial charge is 0.364 e. The molecule has 0 aliphatic heterocycles. The lowest BCUT2D eigenvalue weighted by Crippen LogP contribution is -2.13. The molecular formula is C9H5F2N3O3. The summed E-state index contributed by atoms with van der Waals surface area (Å²) < 4.78 is 25.9. The first-order valence-electron chi connectivity index (χ1n) is 4.36. The lowest BCUT2D eigenvalue weighted by Gasteiger charge is -1.93. The number of carbonyl (C=O) groups excluding carboxylic acids is 1. The molecule has 88 valence electrons. The molecule has 0 bridgehead atoms. The Balaban J connectivity index is 2.90. The number of aromatic nitrogens is 1. The summed E-state index contributed by atoms with van der Waals surface area (Å²) in [6.07, 6.45) is 0. The molecule has 8 heteroatoms. The number of amides is 1. The first-order chi connectivity index (χ1) is 7.91. The molecule has 0 aliphatic carbocycles. The van der Waals surface area contributed by atoms with Crippen LogP contribution < -0.4 is 5.73 Å². The van der Waals surface area contributed by atoms with Gasteiger partial charge in [0.05, 0.1) is 15.8 Å². The van der Waals surface area contributed by atoms with Gasteiger partial charge in [0, 0.05) is 6.07 Å². The van der Waals surface area contributed by atoms with E-state index in [4.69, 9.17) is 5.73 Å². The number of hydrogen-bond donors (Lipinski definition) is 2. The van der Waals surface area contributed by atoms with E-state index in [0.717, 1.165) is 6.07 Å². The summed E-state index contributed by atoms with van der Waals surface area (Å²) in [5.41, 5.74) is 3.71. The fourth-order valence-electron chi connectivity index (χ4n) is 1.54. The van der Waals surface area contributed by atoms with Crippen molar-refractivity contribution >= 4 is 22.5 Å². The number of primary amides is 1. The second-order valence-electron chi connectivity index (χ2n) is 3.28. The van der Waals surface area contributed by atoms with Crippen molar-refractivity contribution in [1.82, 2.24) is 4.98 Å². The molecule has 1 aromatic carbocycles. The molecule has 1 aromatic heterocycles. The summed E-state index contributed by atoms with van der Waals surface area (Å²) in [5.74, 6) is -3.49. The van der Waals surface area contributed by atoms with Crippen LogP contribution in [0.5, 0.6) is 0 Å². The fraction of sp³-hybridized carbons (Fsp3) is 0. The number of carbonyl (C=O) groups is 1. The predicted molar refractivity (Wildman–Crippen MR) is 53.4 cm³/mol. The Morgan fingerprint density at radius 2 is 1.94 bits per heavy atom. The van der Waals surface area contributed by atoms with Gasteiger partial charge in [0.2, 0.25) is 0 Å². The van der Waals surface area contributed by atoms with Crippen molar-refractivity contribution in [3.63, 3.8) is 0 Å². The molecule has 0 unspecified atom stereocenters. The van der Waals surface area contributed by atoms with Gasteiger partial charge in [-0.3, -0.25) is 14.9 Å². The Kier molecular flexibility index (Phi) is 2.27. The van der Waals surface area contributed by atoms with Crippen molar-refractivity contribution in [3.05, 3.63) is 39.6 Å². The molecule has 0 aliphatic rings. The second-order valence-corrected chi connectivity index (χ2v) is 3.28. The van der Waals surface area contributed by atoms with Gasteiger partial charge in [0.1, 0.15) is 0 Å². The van der Waals surface area contributed by atoms with Gasteiger partial charge in [-0.25, -0.2) is 8.78 Å². The Hall–Kier alpha value is -2.51. The van der Waals surface area contributed by atoms with Gasteiger partial charge in [-0.05, 0) is 6.07 Å². The summed E-state index contributed by atoms with van der Waals surface area (Å²) in [5, 5.41) is 10.6. The molecule has 0 radical (unpaired) electrons. The second kappa shape index (κ2) is 3.51. The zero-order valence-corrected chi connectivity index (χ0v) is 8.16. The minimum Gasteiger partial charge on any atom is -0.364 e. The number of benzene rings is 1. The minimum absolute atomic E-state index is 0.0654. The van der Waals surface area contributed by atoms with Crippen LogP contribution in [0, 0.1) is 21.7 Å². The van der Waals surface area contributed by atoms with Crippen LogP contribution in [0.15, 0.2) is 12.1 Å². The number of aromatic amines is 1. The van der Waals surface area contributed by atoms with Gasteiger partial charge in [-0.1, -0.05) is 0 Å². The van der Waals surface area contributed by atoms with Gasteiger partial charge in [0.15, 0.2) is 17.3 Å². The molecule has 1 amide bonds. The molecular weight excluding hydrogens is 236 g/mol. The normalized spacial score (nSPS) is 10.7. The lowest BCUT2D eigenvalue weighted by molar-refractivity contribution is -0.383. The Labute approximate surface area is 92.2 Å². The van der Waals surface area contributed by atoms with Gasteiger partial charge in [-0.2, -0.15) is 0 Å². The van der Waals surface area contributed by atoms with E-state index in [-0.39, 0.29) is 10.9 Å². The summed E-state index contributed by atoms with van der Waals surface area (Å²) in [6.45, 7) is 0. The van der Waals surface area contributed by atoms with Crippen LogP contribution in [0.1, 0.15) is 10.5 Å². The molecule has 0 saturated heterocycles. The molecule has 3 N–H and O–H groups in total. The zero-order valence-electron chi connectivity index (χ0n) is 8.16. The molecule has 0 atom stereocenters. The van der Waals surface area contributed by atoms with Crippen molar-refractivity contribution in [2.45, 2.75) is 0 Å². The number of fused-ring (bicyclic) bond motifs is 1. The summed E-state index contributed by atoms with van der Waals surface area (Å²) >= 11 is 0. The average Bonchev–Trinajstić information content (AvgIpc) is 2.57. The van der Waals surface area contributed by atoms with Gasteiger partial charge < -0.3 is 10.7 Å². The monoisotopic (exact) mass is 241 g/mol. The van der Waals surface area contributed by atoms with Crippen molar-refractivity contribution < 1.29 is 18.5 Å². The van der Waals surface area contributed by atoms with E-state index >= 15 is 0 Å². The highest BCUT2D eigenvalue weighted by Crippen LogP contribution is 2.30. The molecule has 6 nitrogen and oxygen atoms in total. The van der Waals surface area contributed by atoms with E-state index in [0.29, 0.717) is 6.07 Å². The van der Waals surface area contributed by atoms with E-state index in [2.05, 4.69) is 4.98 Å². The maximum Gasteiger partial charge on any atom is 0.307 e. The smallest absolute Gasteiger partial charge is 0.307 e. The first-order valence-corrected chi connectivity index (χ1v) is 4.36. The molecule has 17 heavy (non-hydrogen) atoms. The highest BCUT2D eigenvalue weighted by molar-refractivity contribution is 6.04. The van der Waals surface area contributed by atoms with Crippen molar-refractivity contribution in [1.29, 1.82) is 0 Å². The molecule has 2 rings (SSSR count). The average molecular weight is 241 g/mol. The first kappa shape index (κ1) is 11.0. The van der Waals surface area contributed by atoms with E-state index in [1.807, 2.05) is 0 Å². The van der Waals surface area contributed by atoms with Crippen LogP contribution in [0.3, 0.4) is 0 Å². The summed E-state index contributed by atoms with van der Waals surface area (Å²) in [7, 11) is 0. The third-order valence-corrected chi connectivity index (χ3v) is 2.24. The van der Waals surface area contributed by atoms with Crippen molar-refractivity contribution in [2.24, 2.45) is 5.73 Å². The fourth-order valence-corrected chi connectivity index (χ4v) is 1.54. The highest BCUT2D eigenvalue weighted by atomic mass is 19.2. The molecule has 1 heterocycles. The number of hydrogen-bond acceptors (Lipinski definition) is 3. The number of nitrogens with two attached hydrogens (primary N) is 1. The van der Waals surface area contributed by atoms with Crippen LogP contribution in [-0.2, 0) is 0 Å². The van der Waals surface area contributed by atoms with E-state index in [1.165, 1.54) is 0 Å². The molecule has 0 fully saturated rings. The van der Waals surface area contributed by atoms with Gasteiger partial charge >= 0.3 is 5.69 Å². The standard InChI is InChI=1S/C9H5F2N3O3/c10-4-1-3-6(2-5(4)11)13-7(9(12)15)8(3)14(16)17/h1-2,13H,(H2,12,15). The number of H-pyrrole nitrogens is 1.